The molecular formula is C17H23N3O3S. The van der Waals surface area contributed by atoms with E-state index in [2.05, 4.69) is 10.3 Å². The van der Waals surface area contributed by atoms with Crippen LogP contribution >= 0.6 is 11.3 Å². The van der Waals surface area contributed by atoms with E-state index < -0.39 is 0 Å². The van der Waals surface area contributed by atoms with Gasteiger partial charge in [0.15, 0.2) is 5.13 Å². The van der Waals surface area contributed by atoms with Gasteiger partial charge in [-0.05, 0) is 26.2 Å². The van der Waals surface area contributed by atoms with Crippen molar-refractivity contribution in [1.82, 2.24) is 9.88 Å². The molecule has 0 aromatic carbocycles. The number of hydrogen-bond acceptors (Lipinski definition) is 5. The lowest BCUT2D eigenvalue weighted by atomic mass is 9.81. The second kappa shape index (κ2) is 7.01. The normalized spacial score (nSPS) is 23.5. The standard InChI is InChI=1S/C17H23N3O3S/c1-3-13-10(2)24-17(18-13)19-14(21)8-9-20-15(22)11-6-4-5-7-12(11)16(20)23/h11-12H,3-9H2,1-2H3,(H,18,19,21)/t11-,12-/m1/s1. The Kier molecular flexibility index (Phi) is 4.99. The number of rotatable bonds is 5. The predicted octanol–water partition coefficient (Wildman–Crippen LogP) is 2.52. The van der Waals surface area contributed by atoms with Crippen LogP contribution in [0.25, 0.3) is 0 Å². The zero-order valence-electron chi connectivity index (χ0n) is 14.1. The Bertz CT molecular complexity index is 646. The molecule has 1 saturated carbocycles. The van der Waals surface area contributed by atoms with E-state index in [9.17, 15) is 14.4 Å². The van der Waals surface area contributed by atoms with E-state index >= 15 is 0 Å². The molecule has 2 fully saturated rings. The zero-order chi connectivity index (χ0) is 17.3. The van der Waals surface area contributed by atoms with Crippen LogP contribution in [0.4, 0.5) is 5.13 Å². The van der Waals surface area contributed by atoms with E-state index in [1.54, 1.807) is 0 Å². The SMILES string of the molecule is CCc1nc(NC(=O)CCN2C(=O)[C@@H]3CCCC[C@H]3C2=O)sc1C. The summed E-state index contributed by atoms with van der Waals surface area (Å²) in [6.07, 6.45) is 4.58. The molecule has 3 rings (SSSR count). The van der Waals surface area contributed by atoms with Crippen molar-refractivity contribution in [1.29, 1.82) is 0 Å². The third-order valence-electron chi connectivity index (χ3n) is 4.97. The fourth-order valence-corrected chi connectivity index (χ4v) is 4.57. The molecule has 2 aliphatic rings. The van der Waals surface area contributed by atoms with E-state index in [-0.39, 0.29) is 42.5 Å². The Hall–Kier alpha value is -1.76. The number of likely N-dealkylation sites (tertiary alicyclic amines) is 1. The minimum absolute atomic E-state index is 0.0872. The first-order chi connectivity index (χ1) is 11.5. The second-order valence-corrected chi connectivity index (χ2v) is 7.70. The third kappa shape index (κ3) is 3.22. The van der Waals surface area contributed by atoms with Gasteiger partial charge < -0.3 is 5.32 Å². The highest BCUT2D eigenvalue weighted by molar-refractivity contribution is 7.15. The minimum Gasteiger partial charge on any atom is -0.302 e. The second-order valence-electron chi connectivity index (χ2n) is 6.50. The molecule has 3 amide bonds. The van der Waals surface area contributed by atoms with Crippen molar-refractivity contribution in [3.05, 3.63) is 10.6 Å². The first-order valence-corrected chi connectivity index (χ1v) is 9.44. The van der Waals surface area contributed by atoms with Gasteiger partial charge in [-0.3, -0.25) is 19.3 Å². The van der Waals surface area contributed by atoms with Crippen molar-refractivity contribution in [2.24, 2.45) is 11.8 Å². The van der Waals surface area contributed by atoms with Crippen LogP contribution in [0.15, 0.2) is 0 Å². The number of carbonyl (C=O) groups excluding carboxylic acids is 3. The van der Waals surface area contributed by atoms with E-state index in [4.69, 9.17) is 0 Å². The molecule has 0 bridgehead atoms. The Labute approximate surface area is 145 Å². The van der Waals surface area contributed by atoms with Crippen molar-refractivity contribution in [2.45, 2.75) is 52.4 Å². The van der Waals surface area contributed by atoms with E-state index in [1.165, 1.54) is 16.2 Å². The number of imide groups is 1. The van der Waals surface area contributed by atoms with Gasteiger partial charge in [-0.15, -0.1) is 11.3 Å². The van der Waals surface area contributed by atoms with Gasteiger partial charge in [-0.25, -0.2) is 4.98 Å². The number of fused-ring (bicyclic) bond motifs is 1. The van der Waals surface area contributed by atoms with Crippen LogP contribution in [-0.2, 0) is 20.8 Å². The lowest BCUT2D eigenvalue weighted by Crippen LogP contribution is -2.34. The average Bonchev–Trinajstić information content (AvgIpc) is 3.04. The van der Waals surface area contributed by atoms with Gasteiger partial charge in [0.05, 0.1) is 17.5 Å². The van der Waals surface area contributed by atoms with Crippen LogP contribution in [0.5, 0.6) is 0 Å². The first kappa shape index (κ1) is 17.1. The summed E-state index contributed by atoms with van der Waals surface area (Å²) in [5.41, 5.74) is 0.990. The molecule has 130 valence electrons. The van der Waals surface area contributed by atoms with Gasteiger partial charge in [0.1, 0.15) is 0 Å². The molecule has 1 aromatic rings. The monoisotopic (exact) mass is 349 g/mol. The molecule has 24 heavy (non-hydrogen) atoms. The number of aromatic nitrogens is 1. The Morgan fingerprint density at radius 3 is 2.42 bits per heavy atom. The summed E-state index contributed by atoms with van der Waals surface area (Å²) in [5.74, 6) is -0.681. The van der Waals surface area contributed by atoms with Gasteiger partial charge in [-0.2, -0.15) is 0 Å². The van der Waals surface area contributed by atoms with Crippen LogP contribution in [0.2, 0.25) is 0 Å². The van der Waals surface area contributed by atoms with Gasteiger partial charge in [0.25, 0.3) is 0 Å². The fraction of sp³-hybridized carbons (Fsp3) is 0.647. The molecule has 6 nitrogen and oxygen atoms in total. The molecule has 2 heterocycles. The van der Waals surface area contributed by atoms with Crippen LogP contribution in [-0.4, -0.2) is 34.2 Å². The first-order valence-electron chi connectivity index (χ1n) is 8.62. The quantitative estimate of drug-likeness (QED) is 0.829. The smallest absolute Gasteiger partial charge is 0.233 e. The van der Waals surface area contributed by atoms with Gasteiger partial charge >= 0.3 is 0 Å². The molecule has 7 heteroatoms. The third-order valence-corrected chi connectivity index (χ3v) is 5.90. The van der Waals surface area contributed by atoms with Crippen molar-refractivity contribution in [2.75, 3.05) is 11.9 Å². The van der Waals surface area contributed by atoms with Crippen LogP contribution in [0.1, 0.15) is 49.6 Å². The lowest BCUT2D eigenvalue weighted by Gasteiger charge is -2.19. The van der Waals surface area contributed by atoms with Crippen LogP contribution < -0.4 is 5.32 Å². The van der Waals surface area contributed by atoms with E-state index in [1.807, 2.05) is 13.8 Å². The summed E-state index contributed by atoms with van der Waals surface area (Å²) >= 11 is 1.45. The van der Waals surface area contributed by atoms with E-state index in [0.717, 1.165) is 42.7 Å². The largest absolute Gasteiger partial charge is 0.302 e. The molecule has 1 aliphatic heterocycles. The molecule has 0 unspecified atom stereocenters. The summed E-state index contributed by atoms with van der Waals surface area (Å²) in [4.78, 5) is 43.6. The van der Waals surface area contributed by atoms with Crippen molar-refractivity contribution in [3.8, 4) is 0 Å². The minimum atomic E-state index is -0.207. The Balaban J connectivity index is 1.56. The molecule has 1 aromatic heterocycles. The van der Waals surface area contributed by atoms with E-state index in [0.29, 0.717) is 5.13 Å². The maximum atomic E-state index is 12.4. The average molecular weight is 349 g/mol. The molecule has 0 radical (unpaired) electrons. The number of thiazole rings is 1. The Morgan fingerprint density at radius 1 is 1.25 bits per heavy atom. The molecule has 1 saturated heterocycles. The van der Waals surface area contributed by atoms with Crippen molar-refractivity contribution >= 4 is 34.2 Å². The molecule has 2 atom stereocenters. The molecule has 1 aliphatic carbocycles. The van der Waals surface area contributed by atoms with Gasteiger partial charge in [0, 0.05) is 17.8 Å². The van der Waals surface area contributed by atoms with Gasteiger partial charge in [-0.1, -0.05) is 19.8 Å². The van der Waals surface area contributed by atoms with Crippen LogP contribution in [0, 0.1) is 18.8 Å². The number of aryl methyl sites for hydroxylation is 2. The summed E-state index contributed by atoms with van der Waals surface area (Å²) in [5, 5.41) is 3.36. The van der Waals surface area contributed by atoms with Crippen molar-refractivity contribution < 1.29 is 14.4 Å². The number of nitrogens with zero attached hydrogens (tertiary/aromatic N) is 2. The highest BCUT2D eigenvalue weighted by Crippen LogP contribution is 2.38. The predicted molar refractivity (Wildman–Crippen MR) is 91.6 cm³/mol. The topological polar surface area (TPSA) is 79.4 Å². The highest BCUT2D eigenvalue weighted by atomic mass is 32.1. The number of hydrogen-bond donors (Lipinski definition) is 1. The summed E-state index contributed by atoms with van der Waals surface area (Å²) < 4.78 is 0. The summed E-state index contributed by atoms with van der Waals surface area (Å²) in [7, 11) is 0. The maximum Gasteiger partial charge on any atom is 0.233 e. The number of carbonyl (C=O) groups is 3. The lowest BCUT2D eigenvalue weighted by molar-refractivity contribution is -0.140. The Morgan fingerprint density at radius 2 is 1.88 bits per heavy atom. The van der Waals surface area contributed by atoms with Crippen LogP contribution in [0.3, 0.4) is 0 Å². The fourth-order valence-electron chi connectivity index (χ4n) is 3.66. The number of nitrogens with one attached hydrogen (secondary N) is 1. The van der Waals surface area contributed by atoms with Crippen molar-refractivity contribution in [3.63, 3.8) is 0 Å². The summed E-state index contributed by atoms with van der Waals surface area (Å²) in [6, 6.07) is 0. The number of anilines is 1. The molecular weight excluding hydrogens is 326 g/mol. The maximum absolute atomic E-state index is 12.4. The highest BCUT2D eigenvalue weighted by Gasteiger charge is 2.47. The van der Waals surface area contributed by atoms with Gasteiger partial charge in [0.2, 0.25) is 17.7 Å². The number of amides is 3. The molecule has 0 spiro atoms. The molecule has 1 N–H and O–H groups in total. The zero-order valence-corrected chi connectivity index (χ0v) is 14.9. The summed E-state index contributed by atoms with van der Waals surface area (Å²) in [6.45, 7) is 4.18.